The minimum atomic E-state index is 0.270. The van der Waals surface area contributed by atoms with Crippen molar-refractivity contribution < 1.29 is 9.47 Å². The number of rotatable bonds is 5. The average molecular weight is 369 g/mol. The molecule has 2 aromatic carbocycles. The first-order valence-corrected chi connectivity index (χ1v) is 8.54. The van der Waals surface area contributed by atoms with E-state index in [1.165, 1.54) is 0 Å². The van der Waals surface area contributed by atoms with Gasteiger partial charge in [-0.3, -0.25) is 0 Å². The van der Waals surface area contributed by atoms with Crippen molar-refractivity contribution in [2.45, 2.75) is 13.5 Å². The number of nitrogens with one attached hydrogen (secondary N) is 2. The van der Waals surface area contributed by atoms with E-state index in [1.54, 1.807) is 6.20 Å². The predicted octanol–water partition coefficient (Wildman–Crippen LogP) is 4.52. The second-order valence-corrected chi connectivity index (χ2v) is 6.25. The van der Waals surface area contributed by atoms with Gasteiger partial charge in [0.1, 0.15) is 5.82 Å². The Bertz CT molecular complexity index is 949. The van der Waals surface area contributed by atoms with Gasteiger partial charge in [0.15, 0.2) is 11.5 Å². The van der Waals surface area contributed by atoms with E-state index in [-0.39, 0.29) is 6.79 Å². The van der Waals surface area contributed by atoms with Crippen LogP contribution in [0.5, 0.6) is 11.5 Å². The quantitative estimate of drug-likeness (QED) is 0.690. The van der Waals surface area contributed by atoms with Crippen molar-refractivity contribution in [3.63, 3.8) is 0 Å². The summed E-state index contributed by atoms with van der Waals surface area (Å²) in [6.07, 6.45) is 1.71. The molecule has 1 aliphatic rings. The van der Waals surface area contributed by atoms with Gasteiger partial charge in [0.2, 0.25) is 12.7 Å². The predicted molar refractivity (Wildman–Crippen MR) is 101 cm³/mol. The summed E-state index contributed by atoms with van der Waals surface area (Å²) in [6.45, 7) is 2.81. The van der Waals surface area contributed by atoms with E-state index in [1.807, 2.05) is 49.4 Å². The Morgan fingerprint density at radius 2 is 2.00 bits per heavy atom. The summed E-state index contributed by atoms with van der Waals surface area (Å²) in [4.78, 5) is 8.76. The average Bonchev–Trinajstić information content (AvgIpc) is 3.12. The summed E-state index contributed by atoms with van der Waals surface area (Å²) in [5, 5.41) is 7.21. The van der Waals surface area contributed by atoms with Gasteiger partial charge in [-0.1, -0.05) is 23.7 Å². The zero-order valence-electron chi connectivity index (χ0n) is 14.1. The highest BCUT2D eigenvalue weighted by atomic mass is 35.5. The molecular weight excluding hydrogens is 352 g/mol. The maximum atomic E-state index is 6.16. The summed E-state index contributed by atoms with van der Waals surface area (Å²) in [5.41, 5.74) is 2.95. The van der Waals surface area contributed by atoms with Crippen LogP contribution in [0, 0.1) is 6.92 Å². The maximum absolute atomic E-state index is 6.16. The van der Waals surface area contributed by atoms with Crippen LogP contribution in [-0.2, 0) is 6.54 Å². The Morgan fingerprint density at radius 3 is 2.92 bits per heavy atom. The van der Waals surface area contributed by atoms with E-state index in [0.29, 0.717) is 23.3 Å². The standard InChI is InChI=1S/C19H17ClN4O2/c1-12-14(20)3-2-4-15(12)23-18-7-8-21-19(24-18)22-10-13-5-6-16-17(9-13)26-11-25-16/h2-9H,10-11H2,1H3,(H2,21,22,23,24). The molecule has 1 aromatic heterocycles. The number of ether oxygens (including phenoxy) is 2. The first kappa shape index (κ1) is 16.5. The van der Waals surface area contributed by atoms with Crippen LogP contribution in [0.15, 0.2) is 48.7 Å². The molecule has 132 valence electrons. The zero-order chi connectivity index (χ0) is 17.9. The summed E-state index contributed by atoms with van der Waals surface area (Å²) in [5.74, 6) is 2.76. The van der Waals surface area contributed by atoms with Crippen LogP contribution < -0.4 is 20.1 Å². The van der Waals surface area contributed by atoms with Crippen LogP contribution in [0.2, 0.25) is 5.02 Å². The van der Waals surface area contributed by atoms with Crippen LogP contribution in [0.4, 0.5) is 17.5 Å². The zero-order valence-corrected chi connectivity index (χ0v) is 14.9. The van der Waals surface area contributed by atoms with E-state index in [0.717, 1.165) is 28.3 Å². The molecule has 7 heteroatoms. The minimum Gasteiger partial charge on any atom is -0.454 e. The Morgan fingerprint density at radius 1 is 1.12 bits per heavy atom. The molecule has 2 heterocycles. The molecule has 0 saturated heterocycles. The Kier molecular flexibility index (Phi) is 4.50. The van der Waals surface area contributed by atoms with Crippen molar-refractivity contribution in [1.82, 2.24) is 9.97 Å². The van der Waals surface area contributed by atoms with Gasteiger partial charge in [0.05, 0.1) is 0 Å². The molecule has 0 bridgehead atoms. The number of hydrogen-bond donors (Lipinski definition) is 2. The second-order valence-electron chi connectivity index (χ2n) is 5.84. The largest absolute Gasteiger partial charge is 0.454 e. The Balaban J connectivity index is 1.45. The molecule has 3 aromatic rings. The van der Waals surface area contributed by atoms with Crippen molar-refractivity contribution in [2.75, 3.05) is 17.4 Å². The van der Waals surface area contributed by atoms with Crippen LogP contribution in [0.1, 0.15) is 11.1 Å². The van der Waals surface area contributed by atoms with Crippen molar-refractivity contribution in [2.24, 2.45) is 0 Å². The van der Waals surface area contributed by atoms with Gasteiger partial charge in [0, 0.05) is 23.5 Å². The van der Waals surface area contributed by atoms with E-state index in [4.69, 9.17) is 21.1 Å². The highest BCUT2D eigenvalue weighted by Crippen LogP contribution is 2.32. The van der Waals surface area contributed by atoms with Crippen molar-refractivity contribution >= 4 is 29.1 Å². The monoisotopic (exact) mass is 368 g/mol. The number of aromatic nitrogens is 2. The molecule has 1 aliphatic heterocycles. The van der Waals surface area contributed by atoms with Gasteiger partial charge in [0.25, 0.3) is 0 Å². The second kappa shape index (κ2) is 7.09. The number of benzene rings is 2. The van der Waals surface area contributed by atoms with E-state index in [9.17, 15) is 0 Å². The fraction of sp³-hybridized carbons (Fsp3) is 0.158. The Labute approximate surface area is 156 Å². The number of fused-ring (bicyclic) bond motifs is 1. The molecule has 0 aliphatic carbocycles. The lowest BCUT2D eigenvalue weighted by atomic mass is 10.2. The molecule has 0 unspecified atom stereocenters. The fourth-order valence-corrected chi connectivity index (χ4v) is 2.80. The number of nitrogens with zero attached hydrogens (tertiary/aromatic N) is 2. The third-order valence-electron chi connectivity index (χ3n) is 4.07. The minimum absolute atomic E-state index is 0.270. The number of halogens is 1. The molecule has 0 fully saturated rings. The van der Waals surface area contributed by atoms with E-state index in [2.05, 4.69) is 20.6 Å². The third-order valence-corrected chi connectivity index (χ3v) is 4.48. The van der Waals surface area contributed by atoms with Crippen LogP contribution in [0.3, 0.4) is 0 Å². The molecule has 0 radical (unpaired) electrons. The molecular formula is C19H17ClN4O2. The summed E-state index contributed by atoms with van der Waals surface area (Å²) in [6, 6.07) is 13.4. The first-order valence-electron chi connectivity index (χ1n) is 8.16. The molecule has 0 atom stereocenters. The lowest BCUT2D eigenvalue weighted by Gasteiger charge is -2.11. The van der Waals surface area contributed by atoms with Crippen LogP contribution in [-0.4, -0.2) is 16.8 Å². The van der Waals surface area contributed by atoms with Gasteiger partial charge < -0.3 is 20.1 Å². The molecule has 4 rings (SSSR count). The van der Waals surface area contributed by atoms with Crippen molar-refractivity contribution in [3.05, 3.63) is 64.8 Å². The molecule has 26 heavy (non-hydrogen) atoms. The highest BCUT2D eigenvalue weighted by molar-refractivity contribution is 6.31. The highest BCUT2D eigenvalue weighted by Gasteiger charge is 2.13. The topological polar surface area (TPSA) is 68.3 Å². The van der Waals surface area contributed by atoms with Crippen LogP contribution >= 0.6 is 11.6 Å². The van der Waals surface area contributed by atoms with Gasteiger partial charge >= 0.3 is 0 Å². The molecule has 0 amide bonds. The molecule has 2 N–H and O–H groups in total. The SMILES string of the molecule is Cc1c(Cl)cccc1Nc1ccnc(NCc2ccc3c(c2)OCO3)n1. The summed E-state index contributed by atoms with van der Waals surface area (Å²) < 4.78 is 10.7. The summed E-state index contributed by atoms with van der Waals surface area (Å²) in [7, 11) is 0. The van der Waals surface area contributed by atoms with E-state index < -0.39 is 0 Å². The maximum Gasteiger partial charge on any atom is 0.231 e. The smallest absolute Gasteiger partial charge is 0.231 e. The van der Waals surface area contributed by atoms with Crippen molar-refractivity contribution in [3.8, 4) is 11.5 Å². The summed E-state index contributed by atoms with van der Waals surface area (Å²) >= 11 is 6.16. The van der Waals surface area contributed by atoms with Gasteiger partial charge in [-0.05, 0) is 48.4 Å². The molecule has 6 nitrogen and oxygen atoms in total. The van der Waals surface area contributed by atoms with Crippen LogP contribution in [0.25, 0.3) is 0 Å². The van der Waals surface area contributed by atoms with E-state index >= 15 is 0 Å². The van der Waals surface area contributed by atoms with Gasteiger partial charge in [-0.25, -0.2) is 4.98 Å². The Hall–Kier alpha value is -2.99. The lowest BCUT2D eigenvalue weighted by molar-refractivity contribution is 0.174. The molecule has 0 saturated carbocycles. The third kappa shape index (κ3) is 3.50. The number of anilines is 3. The number of hydrogen-bond acceptors (Lipinski definition) is 6. The lowest BCUT2D eigenvalue weighted by Crippen LogP contribution is -2.05. The first-order chi connectivity index (χ1) is 12.7. The van der Waals surface area contributed by atoms with Gasteiger partial charge in [-0.15, -0.1) is 0 Å². The van der Waals surface area contributed by atoms with Gasteiger partial charge in [-0.2, -0.15) is 4.98 Å². The van der Waals surface area contributed by atoms with Crippen molar-refractivity contribution in [1.29, 1.82) is 0 Å². The molecule has 0 spiro atoms. The normalized spacial score (nSPS) is 12.1. The fourth-order valence-electron chi connectivity index (χ4n) is 2.63.